The Hall–Kier alpha value is -3.41. The summed E-state index contributed by atoms with van der Waals surface area (Å²) in [6, 6.07) is 25.9. The SMILES string of the molecule is CC(Cc1c[nH]c2ccccc12)(C(=O)NC(CO)C(O)c1ccccc1)c1ccccc1. The van der Waals surface area contributed by atoms with Crippen LogP contribution >= 0.6 is 0 Å². The predicted molar refractivity (Wildman–Crippen MR) is 126 cm³/mol. The highest BCUT2D eigenvalue weighted by Gasteiger charge is 2.38. The molecule has 5 heteroatoms. The number of aromatic nitrogens is 1. The number of hydrogen-bond donors (Lipinski definition) is 4. The van der Waals surface area contributed by atoms with Crippen LogP contribution in [-0.2, 0) is 16.6 Å². The molecule has 3 aromatic carbocycles. The van der Waals surface area contributed by atoms with E-state index in [9.17, 15) is 15.0 Å². The van der Waals surface area contributed by atoms with Gasteiger partial charge in [-0.25, -0.2) is 0 Å². The summed E-state index contributed by atoms with van der Waals surface area (Å²) in [5, 5.41) is 24.7. The van der Waals surface area contributed by atoms with Crippen LogP contribution in [0.2, 0.25) is 0 Å². The van der Waals surface area contributed by atoms with E-state index in [2.05, 4.69) is 10.3 Å². The van der Waals surface area contributed by atoms with Gasteiger partial charge in [0, 0.05) is 17.1 Å². The standard InChI is InChI=1S/C27H28N2O3/c1-27(21-12-6-3-7-13-21,16-20-17-28-23-15-9-8-14-22(20)23)26(32)29-24(18-30)25(31)19-10-4-2-5-11-19/h2-15,17,24-25,28,30-31H,16,18H2,1H3,(H,29,32). The van der Waals surface area contributed by atoms with Gasteiger partial charge in [0.25, 0.3) is 0 Å². The molecule has 0 aliphatic rings. The average molecular weight is 429 g/mol. The molecule has 0 saturated carbocycles. The van der Waals surface area contributed by atoms with E-state index in [1.54, 1.807) is 12.1 Å². The van der Waals surface area contributed by atoms with Crippen LogP contribution in [-0.4, -0.2) is 33.8 Å². The molecule has 4 N–H and O–H groups in total. The summed E-state index contributed by atoms with van der Waals surface area (Å²) >= 11 is 0. The minimum atomic E-state index is -1.02. The van der Waals surface area contributed by atoms with E-state index in [1.165, 1.54) is 0 Å². The zero-order valence-electron chi connectivity index (χ0n) is 18.0. The second-order valence-electron chi connectivity index (χ2n) is 8.35. The number of hydrogen-bond acceptors (Lipinski definition) is 3. The van der Waals surface area contributed by atoms with Crippen LogP contribution in [0, 0.1) is 0 Å². The summed E-state index contributed by atoms with van der Waals surface area (Å²) in [4.78, 5) is 17.0. The van der Waals surface area contributed by atoms with Crippen molar-refractivity contribution in [1.82, 2.24) is 10.3 Å². The molecular weight excluding hydrogens is 400 g/mol. The van der Waals surface area contributed by atoms with Crippen molar-refractivity contribution in [3.8, 4) is 0 Å². The number of carbonyl (C=O) groups excluding carboxylic acids is 1. The van der Waals surface area contributed by atoms with Gasteiger partial charge in [0.2, 0.25) is 5.91 Å². The van der Waals surface area contributed by atoms with Gasteiger partial charge < -0.3 is 20.5 Å². The van der Waals surface area contributed by atoms with Crippen LogP contribution in [0.5, 0.6) is 0 Å². The van der Waals surface area contributed by atoms with Crippen molar-refractivity contribution in [3.63, 3.8) is 0 Å². The summed E-state index contributed by atoms with van der Waals surface area (Å²) in [5.74, 6) is -0.247. The molecule has 4 rings (SSSR count). The Morgan fingerprint density at radius 3 is 2.28 bits per heavy atom. The Bertz CT molecular complexity index is 1170. The Kier molecular flexibility index (Phi) is 6.40. The molecular formula is C27H28N2O3. The molecule has 0 bridgehead atoms. The van der Waals surface area contributed by atoms with Gasteiger partial charge in [-0.2, -0.15) is 0 Å². The highest BCUT2D eigenvalue weighted by molar-refractivity contribution is 5.90. The number of amides is 1. The maximum Gasteiger partial charge on any atom is 0.231 e. The monoisotopic (exact) mass is 428 g/mol. The fraction of sp³-hybridized carbons (Fsp3) is 0.222. The number of rotatable bonds is 8. The molecule has 1 heterocycles. The highest BCUT2D eigenvalue weighted by atomic mass is 16.3. The third-order valence-electron chi connectivity index (χ3n) is 6.17. The van der Waals surface area contributed by atoms with Gasteiger partial charge in [0.1, 0.15) is 6.10 Å². The maximum absolute atomic E-state index is 13.7. The first-order valence-corrected chi connectivity index (χ1v) is 10.8. The average Bonchev–Trinajstić information content (AvgIpc) is 3.25. The summed E-state index contributed by atoms with van der Waals surface area (Å²) in [6.45, 7) is 1.53. The number of aliphatic hydroxyl groups excluding tert-OH is 2. The molecule has 3 unspecified atom stereocenters. The van der Waals surface area contributed by atoms with E-state index in [-0.39, 0.29) is 12.5 Å². The lowest BCUT2D eigenvalue weighted by Crippen LogP contribution is -2.51. The third-order valence-corrected chi connectivity index (χ3v) is 6.17. The number of aromatic amines is 1. The highest BCUT2D eigenvalue weighted by Crippen LogP contribution is 2.32. The second-order valence-corrected chi connectivity index (χ2v) is 8.35. The van der Waals surface area contributed by atoms with Gasteiger partial charge in [-0.1, -0.05) is 78.9 Å². The summed E-state index contributed by atoms with van der Waals surface area (Å²) in [5.41, 5.74) is 2.66. The zero-order valence-corrected chi connectivity index (χ0v) is 18.0. The molecule has 0 spiro atoms. The van der Waals surface area contributed by atoms with Gasteiger partial charge in [0.15, 0.2) is 0 Å². The van der Waals surface area contributed by atoms with E-state index in [0.717, 1.165) is 22.0 Å². The molecule has 1 amide bonds. The molecule has 32 heavy (non-hydrogen) atoms. The van der Waals surface area contributed by atoms with Crippen LogP contribution in [0.1, 0.15) is 29.7 Å². The Labute approximate surface area is 187 Å². The number of carbonyl (C=O) groups is 1. The van der Waals surface area contributed by atoms with E-state index >= 15 is 0 Å². The van der Waals surface area contributed by atoms with E-state index in [0.29, 0.717) is 12.0 Å². The molecule has 0 aliphatic heterocycles. The Morgan fingerprint density at radius 1 is 0.969 bits per heavy atom. The fourth-order valence-electron chi connectivity index (χ4n) is 4.21. The topological polar surface area (TPSA) is 85.4 Å². The first kappa shape index (κ1) is 21.8. The minimum absolute atomic E-state index is 0.247. The number of fused-ring (bicyclic) bond motifs is 1. The van der Waals surface area contributed by atoms with Crippen molar-refractivity contribution in [2.24, 2.45) is 0 Å². The zero-order chi connectivity index (χ0) is 22.6. The first-order chi connectivity index (χ1) is 15.5. The normalized spacial score (nSPS) is 15.1. The summed E-state index contributed by atoms with van der Waals surface area (Å²) in [6.07, 6.45) is 1.40. The number of nitrogens with one attached hydrogen (secondary N) is 2. The minimum Gasteiger partial charge on any atom is -0.394 e. The molecule has 4 aromatic rings. The van der Waals surface area contributed by atoms with Crippen LogP contribution in [0.4, 0.5) is 0 Å². The van der Waals surface area contributed by atoms with Gasteiger partial charge in [0.05, 0.1) is 18.1 Å². The van der Waals surface area contributed by atoms with E-state index in [4.69, 9.17) is 0 Å². The second kappa shape index (κ2) is 9.39. The van der Waals surface area contributed by atoms with Crippen molar-refractivity contribution in [2.75, 3.05) is 6.61 Å². The van der Waals surface area contributed by atoms with Crippen molar-refractivity contribution >= 4 is 16.8 Å². The number of H-pyrrole nitrogens is 1. The molecule has 0 fully saturated rings. The summed E-state index contributed by atoms with van der Waals surface area (Å²) in [7, 11) is 0. The molecule has 5 nitrogen and oxygen atoms in total. The molecule has 0 saturated heterocycles. The smallest absolute Gasteiger partial charge is 0.231 e. The quantitative estimate of drug-likeness (QED) is 0.344. The van der Waals surface area contributed by atoms with Crippen LogP contribution < -0.4 is 5.32 Å². The fourth-order valence-corrected chi connectivity index (χ4v) is 4.21. The number of benzene rings is 3. The van der Waals surface area contributed by atoms with Crippen LogP contribution in [0.3, 0.4) is 0 Å². The van der Waals surface area contributed by atoms with E-state index < -0.39 is 17.6 Å². The summed E-state index contributed by atoms with van der Waals surface area (Å²) < 4.78 is 0. The first-order valence-electron chi connectivity index (χ1n) is 10.8. The Morgan fingerprint density at radius 2 is 1.59 bits per heavy atom. The molecule has 164 valence electrons. The lowest BCUT2D eigenvalue weighted by atomic mass is 9.76. The maximum atomic E-state index is 13.7. The predicted octanol–water partition coefficient (Wildman–Crippen LogP) is 3.88. The van der Waals surface area contributed by atoms with E-state index in [1.807, 2.05) is 85.9 Å². The van der Waals surface area contributed by atoms with Gasteiger partial charge in [-0.15, -0.1) is 0 Å². The molecule has 0 radical (unpaired) electrons. The Balaban J connectivity index is 1.66. The largest absolute Gasteiger partial charge is 0.394 e. The van der Waals surface area contributed by atoms with Crippen molar-refractivity contribution in [1.29, 1.82) is 0 Å². The van der Waals surface area contributed by atoms with Crippen molar-refractivity contribution in [2.45, 2.75) is 30.9 Å². The van der Waals surface area contributed by atoms with Gasteiger partial charge in [-0.05, 0) is 36.1 Å². The lowest BCUT2D eigenvalue weighted by Gasteiger charge is -2.32. The van der Waals surface area contributed by atoms with Crippen molar-refractivity contribution in [3.05, 3.63) is 108 Å². The van der Waals surface area contributed by atoms with Gasteiger partial charge >= 0.3 is 0 Å². The van der Waals surface area contributed by atoms with Gasteiger partial charge in [-0.3, -0.25) is 4.79 Å². The van der Waals surface area contributed by atoms with Crippen molar-refractivity contribution < 1.29 is 15.0 Å². The van der Waals surface area contributed by atoms with Crippen LogP contribution in [0.15, 0.2) is 91.1 Å². The number of para-hydroxylation sites is 1. The number of aliphatic hydroxyl groups is 2. The third kappa shape index (κ3) is 4.31. The molecule has 3 atom stereocenters. The van der Waals surface area contributed by atoms with Crippen LogP contribution in [0.25, 0.3) is 10.9 Å². The lowest BCUT2D eigenvalue weighted by molar-refractivity contribution is -0.128. The molecule has 0 aliphatic carbocycles. The molecule has 1 aromatic heterocycles.